The third-order valence-electron chi connectivity index (χ3n) is 11.9. The quantitative estimate of drug-likeness (QED) is 0.108. The van der Waals surface area contributed by atoms with Gasteiger partial charge in [0.15, 0.2) is 0 Å². The first-order chi connectivity index (χ1) is 31.1. The van der Waals surface area contributed by atoms with Crippen LogP contribution in [-0.2, 0) is 0 Å². The monoisotopic (exact) mass is 836 g/mol. The van der Waals surface area contributed by atoms with Crippen molar-refractivity contribution < 1.29 is 9.47 Å². The van der Waals surface area contributed by atoms with E-state index in [-0.39, 0.29) is 0 Å². The first-order valence-electron chi connectivity index (χ1n) is 21.9. The summed E-state index contributed by atoms with van der Waals surface area (Å²) in [4.78, 5) is 4.70. The molecule has 0 aliphatic carbocycles. The molecule has 0 saturated carbocycles. The van der Waals surface area contributed by atoms with E-state index in [9.17, 15) is 0 Å². The van der Waals surface area contributed by atoms with Gasteiger partial charge in [-0.2, -0.15) is 0 Å². The zero-order chi connectivity index (χ0) is 44.7. The largest absolute Gasteiger partial charge is 0.496 e. The van der Waals surface area contributed by atoms with Gasteiger partial charge in [-0.15, -0.1) is 0 Å². The Morgan fingerprint density at radius 1 is 0.312 bits per heavy atom. The molecule has 0 fully saturated rings. The maximum Gasteiger partial charge on any atom is 0.122 e. The van der Waals surface area contributed by atoms with Gasteiger partial charge in [0.05, 0.1) is 14.2 Å². The van der Waals surface area contributed by atoms with Crippen LogP contribution in [0.2, 0.25) is 0 Å². The van der Waals surface area contributed by atoms with Crippen molar-refractivity contribution in [3.8, 4) is 22.6 Å². The lowest BCUT2D eigenvalue weighted by Gasteiger charge is -2.28. The molecule has 0 spiro atoms. The maximum absolute atomic E-state index is 5.54. The zero-order valence-electron chi connectivity index (χ0n) is 38.2. The van der Waals surface area contributed by atoms with E-state index < -0.39 is 0 Å². The van der Waals surface area contributed by atoms with E-state index in [1.54, 1.807) is 14.2 Å². The van der Waals surface area contributed by atoms with Crippen LogP contribution in [0.5, 0.6) is 11.5 Å². The van der Waals surface area contributed by atoms with Crippen LogP contribution in [0.15, 0.2) is 170 Å². The second-order valence-electron chi connectivity index (χ2n) is 16.7. The van der Waals surface area contributed by atoms with E-state index in [0.29, 0.717) is 0 Å². The molecule has 0 radical (unpaired) electrons. The summed E-state index contributed by atoms with van der Waals surface area (Å²) < 4.78 is 11.1. The highest BCUT2D eigenvalue weighted by Crippen LogP contribution is 2.40. The van der Waals surface area contributed by atoms with Gasteiger partial charge in [-0.3, -0.25) is 0 Å². The third kappa shape index (κ3) is 9.72. The average molecular weight is 837 g/mol. The van der Waals surface area contributed by atoms with Crippen molar-refractivity contribution in [2.45, 2.75) is 41.5 Å². The molecule has 8 aromatic carbocycles. The van der Waals surface area contributed by atoms with Crippen LogP contribution >= 0.6 is 0 Å². The van der Waals surface area contributed by atoms with Crippen LogP contribution < -0.4 is 19.3 Å². The lowest BCUT2D eigenvalue weighted by Crippen LogP contribution is -2.11. The molecule has 0 aliphatic rings. The minimum Gasteiger partial charge on any atom is -0.496 e. The summed E-state index contributed by atoms with van der Waals surface area (Å²) in [6, 6.07) is 61.3. The van der Waals surface area contributed by atoms with E-state index >= 15 is 0 Å². The Bertz CT molecular complexity index is 2740. The molecule has 4 nitrogen and oxygen atoms in total. The van der Waals surface area contributed by atoms with Crippen molar-refractivity contribution in [1.29, 1.82) is 0 Å². The van der Waals surface area contributed by atoms with E-state index in [0.717, 1.165) is 90.1 Å². The third-order valence-corrected chi connectivity index (χ3v) is 11.9. The van der Waals surface area contributed by atoms with Gasteiger partial charge in [-0.05, 0) is 170 Å². The topological polar surface area (TPSA) is 24.9 Å². The summed E-state index contributed by atoms with van der Waals surface area (Å²) in [5.74, 6) is 1.79. The predicted octanol–water partition coefficient (Wildman–Crippen LogP) is 16.5. The van der Waals surface area contributed by atoms with Crippen LogP contribution in [0.25, 0.3) is 35.4 Å². The van der Waals surface area contributed by atoms with Gasteiger partial charge < -0.3 is 19.3 Å². The van der Waals surface area contributed by atoms with E-state index in [1.807, 2.05) is 0 Å². The van der Waals surface area contributed by atoms with Crippen molar-refractivity contribution in [2.24, 2.45) is 0 Å². The molecule has 0 bridgehead atoms. The number of anilines is 6. The Hall–Kier alpha value is -7.56. The summed E-state index contributed by atoms with van der Waals surface area (Å²) in [5.41, 5.74) is 20.7. The lowest BCUT2D eigenvalue weighted by molar-refractivity contribution is 0.411. The smallest absolute Gasteiger partial charge is 0.122 e. The van der Waals surface area contributed by atoms with Crippen molar-refractivity contribution in [2.75, 3.05) is 24.0 Å². The number of hydrogen-bond acceptors (Lipinski definition) is 4. The number of hydrogen-bond donors (Lipinski definition) is 0. The van der Waals surface area contributed by atoms with Crippen LogP contribution in [0, 0.1) is 41.5 Å². The number of nitrogens with zero attached hydrogens (tertiary/aromatic N) is 2. The molecule has 8 rings (SSSR count). The fourth-order valence-corrected chi connectivity index (χ4v) is 8.31. The Morgan fingerprint density at radius 3 is 0.953 bits per heavy atom. The van der Waals surface area contributed by atoms with Crippen LogP contribution in [0.1, 0.15) is 55.6 Å². The normalized spacial score (nSPS) is 11.3. The number of methoxy groups -OCH3 is 2. The number of ether oxygens (including phenoxy) is 2. The molecule has 318 valence electrons. The summed E-state index contributed by atoms with van der Waals surface area (Å²) in [7, 11) is 3.43. The number of rotatable bonds is 13. The van der Waals surface area contributed by atoms with Crippen molar-refractivity contribution in [1.82, 2.24) is 0 Å². The van der Waals surface area contributed by atoms with Crippen LogP contribution in [-0.4, -0.2) is 14.2 Å². The molecule has 8 aromatic rings. The minimum absolute atomic E-state index is 0.896. The first kappa shape index (κ1) is 43.1. The molecule has 0 aliphatic heterocycles. The van der Waals surface area contributed by atoms with Gasteiger partial charge in [-0.25, -0.2) is 0 Å². The second-order valence-corrected chi connectivity index (χ2v) is 16.7. The van der Waals surface area contributed by atoms with Crippen molar-refractivity contribution in [3.63, 3.8) is 0 Å². The number of benzene rings is 8. The summed E-state index contributed by atoms with van der Waals surface area (Å²) >= 11 is 0. The summed E-state index contributed by atoms with van der Waals surface area (Å²) in [6.07, 6.45) is 8.56. The highest BCUT2D eigenvalue weighted by atomic mass is 16.5. The molecule has 0 atom stereocenters. The first-order valence-corrected chi connectivity index (χ1v) is 21.9. The molecular weight excluding hydrogens is 781 g/mol. The van der Waals surface area contributed by atoms with E-state index in [4.69, 9.17) is 9.47 Å². The maximum atomic E-state index is 5.54. The summed E-state index contributed by atoms with van der Waals surface area (Å²) in [6.45, 7) is 12.8. The highest BCUT2D eigenvalue weighted by Gasteiger charge is 2.17. The molecule has 0 heterocycles. The average Bonchev–Trinajstić information content (AvgIpc) is 3.31. The van der Waals surface area contributed by atoms with Crippen molar-refractivity contribution in [3.05, 3.63) is 225 Å². The second kappa shape index (κ2) is 19.2. The van der Waals surface area contributed by atoms with Gasteiger partial charge in [0, 0.05) is 34.1 Å². The molecule has 0 amide bonds. The molecule has 4 heteroatoms. The van der Waals surface area contributed by atoms with Crippen LogP contribution in [0.3, 0.4) is 0 Å². The predicted molar refractivity (Wildman–Crippen MR) is 274 cm³/mol. The molecule has 0 aromatic heterocycles. The number of aryl methyl sites for hydroxylation is 6. The fraction of sp³-hybridized carbons (Fsp3) is 0.133. The van der Waals surface area contributed by atoms with Crippen molar-refractivity contribution >= 4 is 58.4 Å². The standard InChI is InChI=1S/C60H56N2O2/c1-41-9-35-57(45(5)37-41)61(53-27-19-47(20-28-53)15-17-49-13-11-43(3)59(39-49)63-7)55-31-23-51(24-32-55)52-25-33-56(34-26-52)62(58-36-10-42(2)38-46(58)6)54-29-21-48(22-30-54)16-18-50-14-12-44(4)60(40-50)64-8/h9-40H,1-8H3. The van der Waals surface area contributed by atoms with Gasteiger partial charge in [0.2, 0.25) is 0 Å². The minimum atomic E-state index is 0.896. The Balaban J connectivity index is 1.06. The van der Waals surface area contributed by atoms with E-state index in [1.165, 1.54) is 22.3 Å². The van der Waals surface area contributed by atoms with Gasteiger partial charge in [0.25, 0.3) is 0 Å². The van der Waals surface area contributed by atoms with Gasteiger partial charge >= 0.3 is 0 Å². The fourth-order valence-electron chi connectivity index (χ4n) is 8.31. The van der Waals surface area contributed by atoms with Gasteiger partial charge in [0.1, 0.15) is 11.5 Å². The molecule has 0 N–H and O–H groups in total. The highest BCUT2D eigenvalue weighted by molar-refractivity contribution is 5.83. The SMILES string of the molecule is COc1cc(C=Cc2ccc(N(c3ccc(-c4ccc(N(c5ccc(C=Cc6ccc(C)c(OC)c6)cc5)c5ccc(C)cc5C)cc4)cc3)c3ccc(C)cc3C)cc2)ccc1C. The molecule has 0 unspecified atom stereocenters. The Kier molecular flexibility index (Phi) is 12.9. The molecule has 0 saturated heterocycles. The van der Waals surface area contributed by atoms with Gasteiger partial charge in [-0.1, -0.05) is 132 Å². The molecular formula is C60H56N2O2. The van der Waals surface area contributed by atoms with E-state index in [2.05, 4.69) is 246 Å². The zero-order valence-corrected chi connectivity index (χ0v) is 38.2. The summed E-state index contributed by atoms with van der Waals surface area (Å²) in [5, 5.41) is 0. The molecule has 64 heavy (non-hydrogen) atoms. The van der Waals surface area contributed by atoms with Crippen LogP contribution in [0.4, 0.5) is 34.1 Å². The Morgan fingerprint density at radius 2 is 0.625 bits per heavy atom. The Labute approximate surface area is 380 Å². The lowest BCUT2D eigenvalue weighted by atomic mass is 10.0.